The molecule has 0 aromatic heterocycles. The summed E-state index contributed by atoms with van der Waals surface area (Å²) < 4.78 is 62.8. The molecule has 3 fully saturated rings. The van der Waals surface area contributed by atoms with Gasteiger partial charge in [0.25, 0.3) is 0 Å². The van der Waals surface area contributed by atoms with Gasteiger partial charge in [0, 0.05) is 46.3 Å². The van der Waals surface area contributed by atoms with Gasteiger partial charge in [0.1, 0.15) is 11.9 Å². The molecule has 0 unspecified atom stereocenters. The number of carbonyl (C=O) groups is 3. The first-order valence-electron chi connectivity index (χ1n) is 14.0. The van der Waals surface area contributed by atoms with Crippen LogP contribution in [0.15, 0.2) is 23.6 Å². The molecule has 0 aliphatic heterocycles. The largest absolute Gasteiger partial charge is 0.509 e. The molecule has 10 heteroatoms. The van der Waals surface area contributed by atoms with Crippen LogP contribution in [0.25, 0.3) is 0 Å². The van der Waals surface area contributed by atoms with Gasteiger partial charge in [-0.3, -0.25) is 4.79 Å². The summed E-state index contributed by atoms with van der Waals surface area (Å²) in [6.45, 7) is 10.9. The SMILES string of the molecule is C[C@@H]1C[C@H]2[C@@H]3CC(F)=C4CC(=O)C=C[C@]4(C)[C@@]3(F)[C@@H](O)C[C@]2(C)[C@@]1(OC(=O)OC1C(C)(C)C1(C)C)C(=O)OCF. The lowest BCUT2D eigenvalue weighted by molar-refractivity contribution is -0.230. The number of hydrogen-bond acceptors (Lipinski definition) is 7. The standard InChI is InChI=1S/C30H39F3O7/c1-15-10-17-18-12-20(32)19-11-16(34)8-9-27(19,6)29(18,33)21(35)13-28(17,7)30(15,23(36)38-14-31)40-24(37)39-22-25(2,3)26(22,4)5/h8-9,15,17-18,21-22,35H,10-14H2,1-7H3/t15-,17+,18+,21+,27+,28+,29+,30+/m1/s1. The molecule has 5 aliphatic carbocycles. The summed E-state index contributed by atoms with van der Waals surface area (Å²) in [4.78, 5) is 38.9. The lowest BCUT2D eigenvalue weighted by Gasteiger charge is -2.62. The molecule has 0 heterocycles. The quantitative estimate of drug-likeness (QED) is 0.435. The number of fused-ring (bicyclic) bond motifs is 5. The van der Waals surface area contributed by atoms with Gasteiger partial charge in [0.2, 0.25) is 12.5 Å². The van der Waals surface area contributed by atoms with Crippen LogP contribution in [-0.2, 0) is 23.8 Å². The maximum absolute atomic E-state index is 17.5. The Hall–Kier alpha value is -2.36. The summed E-state index contributed by atoms with van der Waals surface area (Å²) in [7, 11) is 0. The number of carbonyl (C=O) groups excluding carboxylic acids is 3. The van der Waals surface area contributed by atoms with Crippen molar-refractivity contribution >= 4 is 17.9 Å². The molecular weight excluding hydrogens is 529 g/mol. The number of ether oxygens (including phenoxy) is 3. The number of rotatable bonds is 4. The minimum absolute atomic E-state index is 0.0186. The Morgan fingerprint density at radius 2 is 1.73 bits per heavy atom. The van der Waals surface area contributed by atoms with E-state index in [9.17, 15) is 23.9 Å². The second-order valence-corrected chi connectivity index (χ2v) is 14.1. The minimum atomic E-state index is -2.37. The Balaban J connectivity index is 1.57. The number of alkyl halides is 2. The average Bonchev–Trinajstić information content (AvgIpc) is 3.11. The highest BCUT2D eigenvalue weighted by molar-refractivity contribution is 5.93. The second kappa shape index (κ2) is 8.58. The van der Waals surface area contributed by atoms with Gasteiger partial charge in [-0.2, -0.15) is 0 Å². The molecule has 0 amide bonds. The first kappa shape index (κ1) is 29.1. The summed E-state index contributed by atoms with van der Waals surface area (Å²) in [5, 5.41) is 11.6. The number of ketones is 1. The molecule has 0 spiro atoms. The van der Waals surface area contributed by atoms with Crippen LogP contribution >= 0.6 is 0 Å². The van der Waals surface area contributed by atoms with Gasteiger partial charge in [-0.15, -0.1) is 0 Å². The van der Waals surface area contributed by atoms with E-state index in [-0.39, 0.29) is 41.4 Å². The van der Waals surface area contributed by atoms with E-state index in [2.05, 4.69) is 0 Å². The van der Waals surface area contributed by atoms with Crippen LogP contribution in [-0.4, -0.2) is 53.4 Å². The van der Waals surface area contributed by atoms with Crippen molar-refractivity contribution in [2.24, 2.45) is 39.4 Å². The molecule has 3 saturated carbocycles. The lowest BCUT2D eigenvalue weighted by Crippen LogP contribution is -2.70. The average molecular weight is 569 g/mol. The van der Waals surface area contributed by atoms with Crippen LogP contribution in [0.3, 0.4) is 0 Å². The zero-order chi connectivity index (χ0) is 29.8. The number of halogens is 3. The van der Waals surface area contributed by atoms with E-state index in [1.165, 1.54) is 19.1 Å². The monoisotopic (exact) mass is 568 g/mol. The van der Waals surface area contributed by atoms with Crippen molar-refractivity contribution in [1.82, 2.24) is 0 Å². The fraction of sp³-hybridized carbons (Fsp3) is 0.767. The third kappa shape index (κ3) is 3.31. The van der Waals surface area contributed by atoms with Crippen LogP contribution in [0.4, 0.5) is 18.0 Å². The third-order valence-electron chi connectivity index (χ3n) is 12.0. The van der Waals surface area contributed by atoms with Crippen molar-refractivity contribution in [1.29, 1.82) is 0 Å². The predicted octanol–water partition coefficient (Wildman–Crippen LogP) is 5.70. The Bertz CT molecular complexity index is 1210. The van der Waals surface area contributed by atoms with Gasteiger partial charge in [0.15, 0.2) is 11.5 Å². The first-order chi connectivity index (χ1) is 18.4. The smallest absolute Gasteiger partial charge is 0.431 e. The molecule has 0 radical (unpaired) electrons. The molecule has 0 aromatic rings. The van der Waals surface area contributed by atoms with E-state index < -0.39 is 83.3 Å². The summed E-state index contributed by atoms with van der Waals surface area (Å²) >= 11 is 0. The van der Waals surface area contributed by atoms with Crippen molar-refractivity contribution in [3.8, 4) is 0 Å². The van der Waals surface area contributed by atoms with Gasteiger partial charge in [0.05, 0.1) is 6.10 Å². The topological polar surface area (TPSA) is 99.1 Å². The molecule has 40 heavy (non-hydrogen) atoms. The van der Waals surface area contributed by atoms with Crippen LogP contribution in [0.5, 0.6) is 0 Å². The molecule has 0 bridgehead atoms. The molecular formula is C30H39F3O7. The van der Waals surface area contributed by atoms with E-state index in [1.54, 1.807) is 13.8 Å². The van der Waals surface area contributed by atoms with Gasteiger partial charge in [-0.05, 0) is 37.3 Å². The van der Waals surface area contributed by atoms with Crippen LogP contribution in [0.2, 0.25) is 0 Å². The first-order valence-corrected chi connectivity index (χ1v) is 14.0. The number of aliphatic hydroxyl groups is 1. The fourth-order valence-corrected chi connectivity index (χ4v) is 9.03. The minimum Gasteiger partial charge on any atom is -0.431 e. The summed E-state index contributed by atoms with van der Waals surface area (Å²) in [6.07, 6.45) is -1.72. The zero-order valence-corrected chi connectivity index (χ0v) is 24.1. The number of allylic oxidation sites excluding steroid dienone is 4. The third-order valence-corrected chi connectivity index (χ3v) is 12.0. The zero-order valence-electron chi connectivity index (χ0n) is 24.1. The molecule has 0 aromatic carbocycles. The van der Waals surface area contributed by atoms with Gasteiger partial charge in [-0.25, -0.2) is 22.8 Å². The molecule has 222 valence electrons. The molecule has 0 saturated heterocycles. The maximum Gasteiger partial charge on any atom is 0.509 e. The molecule has 7 nitrogen and oxygen atoms in total. The Labute approximate surface area is 232 Å². The van der Waals surface area contributed by atoms with Crippen molar-refractivity contribution < 1.29 is 46.9 Å². The Kier molecular flexibility index (Phi) is 6.25. The fourth-order valence-electron chi connectivity index (χ4n) is 9.03. The summed E-state index contributed by atoms with van der Waals surface area (Å²) in [5.74, 6) is -4.81. The van der Waals surface area contributed by atoms with E-state index >= 15 is 8.78 Å². The molecule has 5 aliphatic rings. The second-order valence-electron chi connectivity index (χ2n) is 14.1. The van der Waals surface area contributed by atoms with Crippen LogP contribution < -0.4 is 0 Å². The Morgan fingerprint density at radius 3 is 2.30 bits per heavy atom. The van der Waals surface area contributed by atoms with Crippen LogP contribution in [0, 0.1) is 39.4 Å². The van der Waals surface area contributed by atoms with Crippen molar-refractivity contribution in [3.05, 3.63) is 23.6 Å². The van der Waals surface area contributed by atoms with E-state index in [1.807, 2.05) is 27.7 Å². The molecule has 1 N–H and O–H groups in total. The lowest BCUT2D eigenvalue weighted by atomic mass is 9.45. The summed E-state index contributed by atoms with van der Waals surface area (Å²) in [5.41, 5.74) is -8.22. The van der Waals surface area contributed by atoms with Crippen molar-refractivity contribution in [2.45, 2.75) is 97.6 Å². The normalized spacial score (nSPS) is 44.8. The van der Waals surface area contributed by atoms with Gasteiger partial charge in [-0.1, -0.05) is 47.6 Å². The van der Waals surface area contributed by atoms with Crippen LogP contribution in [0.1, 0.15) is 74.1 Å². The van der Waals surface area contributed by atoms with Gasteiger partial charge < -0.3 is 19.3 Å². The highest BCUT2D eigenvalue weighted by Crippen LogP contribution is 2.72. The highest BCUT2D eigenvalue weighted by atomic mass is 19.1. The number of hydrogen-bond donors (Lipinski definition) is 1. The predicted molar refractivity (Wildman–Crippen MR) is 137 cm³/mol. The Morgan fingerprint density at radius 1 is 1.10 bits per heavy atom. The highest BCUT2D eigenvalue weighted by Gasteiger charge is 2.79. The van der Waals surface area contributed by atoms with E-state index in [4.69, 9.17) is 14.2 Å². The van der Waals surface area contributed by atoms with Gasteiger partial charge >= 0.3 is 12.1 Å². The van der Waals surface area contributed by atoms with Crippen molar-refractivity contribution in [3.63, 3.8) is 0 Å². The summed E-state index contributed by atoms with van der Waals surface area (Å²) in [6, 6.07) is 0. The maximum atomic E-state index is 17.5. The molecule has 5 rings (SSSR count). The number of aliphatic hydroxyl groups excluding tert-OH is 1. The van der Waals surface area contributed by atoms with Crippen molar-refractivity contribution in [2.75, 3.05) is 6.86 Å². The number of esters is 1. The van der Waals surface area contributed by atoms with E-state index in [0.29, 0.717) is 0 Å². The van der Waals surface area contributed by atoms with E-state index in [0.717, 1.165) is 0 Å². The molecule has 8 atom stereocenters.